The van der Waals surface area contributed by atoms with Gasteiger partial charge in [0.05, 0.1) is 0 Å². The molecule has 4 aliphatic rings. The molecule has 4 rings (SSSR count). The average Bonchev–Trinajstić information content (AvgIpc) is 2.43. The molecule has 4 aliphatic carbocycles. The van der Waals surface area contributed by atoms with Crippen LogP contribution in [-0.2, 0) is 0 Å². The lowest BCUT2D eigenvalue weighted by Crippen LogP contribution is -2.49. The standard InChI is InChI=1S/C20H33N/c1-3-5-6-7-19(21-8-4-2)15-20-12-16-9-17(13-20)11-18(10-16)14-20/h16-19,21H,4,6-15H2,1-2H3. The minimum absolute atomic E-state index is 0.708. The van der Waals surface area contributed by atoms with E-state index < -0.39 is 0 Å². The van der Waals surface area contributed by atoms with Gasteiger partial charge in [-0.25, -0.2) is 0 Å². The number of nitrogens with one attached hydrogen (secondary N) is 1. The van der Waals surface area contributed by atoms with Crippen molar-refractivity contribution in [1.29, 1.82) is 0 Å². The van der Waals surface area contributed by atoms with Gasteiger partial charge < -0.3 is 5.32 Å². The Balaban J connectivity index is 1.61. The zero-order valence-electron chi connectivity index (χ0n) is 14.1. The van der Waals surface area contributed by atoms with Crippen molar-refractivity contribution >= 4 is 0 Å². The van der Waals surface area contributed by atoms with Gasteiger partial charge in [0.25, 0.3) is 0 Å². The molecule has 0 aromatic heterocycles. The topological polar surface area (TPSA) is 12.0 Å². The minimum Gasteiger partial charge on any atom is -0.314 e. The van der Waals surface area contributed by atoms with Crippen LogP contribution in [0.15, 0.2) is 0 Å². The first-order valence-corrected chi connectivity index (χ1v) is 9.36. The molecule has 1 N–H and O–H groups in total. The summed E-state index contributed by atoms with van der Waals surface area (Å²) in [6, 6.07) is 0.710. The van der Waals surface area contributed by atoms with E-state index in [-0.39, 0.29) is 0 Å². The normalized spacial score (nSPS) is 38.1. The third kappa shape index (κ3) is 3.65. The summed E-state index contributed by atoms with van der Waals surface area (Å²) in [5.74, 6) is 9.58. The highest BCUT2D eigenvalue weighted by molar-refractivity contribution is 5.03. The van der Waals surface area contributed by atoms with E-state index in [1.807, 2.05) is 6.92 Å². The number of hydrogen-bond acceptors (Lipinski definition) is 1. The molecule has 21 heavy (non-hydrogen) atoms. The van der Waals surface area contributed by atoms with E-state index in [1.54, 1.807) is 38.5 Å². The maximum Gasteiger partial charge on any atom is 0.0103 e. The van der Waals surface area contributed by atoms with E-state index in [0.29, 0.717) is 11.5 Å². The van der Waals surface area contributed by atoms with Gasteiger partial charge in [0.15, 0.2) is 0 Å². The fraction of sp³-hybridized carbons (Fsp3) is 0.900. The summed E-state index contributed by atoms with van der Waals surface area (Å²) in [4.78, 5) is 0. The Labute approximate surface area is 131 Å². The second-order valence-corrected chi connectivity index (χ2v) is 8.24. The average molecular weight is 287 g/mol. The van der Waals surface area contributed by atoms with Crippen LogP contribution in [-0.4, -0.2) is 12.6 Å². The van der Waals surface area contributed by atoms with Gasteiger partial charge in [-0.3, -0.25) is 0 Å². The number of hydrogen-bond donors (Lipinski definition) is 1. The first-order valence-electron chi connectivity index (χ1n) is 9.36. The van der Waals surface area contributed by atoms with Crippen molar-refractivity contribution in [1.82, 2.24) is 5.32 Å². The van der Waals surface area contributed by atoms with Gasteiger partial charge in [-0.2, -0.15) is 0 Å². The molecule has 4 saturated carbocycles. The Morgan fingerprint density at radius 2 is 1.71 bits per heavy atom. The Morgan fingerprint density at radius 3 is 2.24 bits per heavy atom. The van der Waals surface area contributed by atoms with Gasteiger partial charge in [-0.1, -0.05) is 6.92 Å². The Bertz CT molecular complexity index is 365. The molecule has 0 aliphatic heterocycles. The van der Waals surface area contributed by atoms with Gasteiger partial charge >= 0.3 is 0 Å². The first-order chi connectivity index (χ1) is 10.2. The van der Waals surface area contributed by atoms with Crippen LogP contribution in [0, 0.1) is 35.0 Å². The third-order valence-electron chi connectivity index (χ3n) is 6.32. The highest BCUT2D eigenvalue weighted by Gasteiger charge is 2.51. The van der Waals surface area contributed by atoms with Crippen LogP contribution in [0.2, 0.25) is 0 Å². The fourth-order valence-corrected chi connectivity index (χ4v) is 6.06. The molecule has 4 fully saturated rings. The predicted octanol–water partition coefficient (Wildman–Crippen LogP) is 4.76. The van der Waals surface area contributed by atoms with Crippen molar-refractivity contribution in [2.75, 3.05) is 6.54 Å². The lowest BCUT2D eigenvalue weighted by Gasteiger charge is -2.57. The van der Waals surface area contributed by atoms with E-state index in [2.05, 4.69) is 24.1 Å². The van der Waals surface area contributed by atoms with Crippen molar-refractivity contribution in [3.63, 3.8) is 0 Å². The van der Waals surface area contributed by atoms with Crippen LogP contribution < -0.4 is 5.32 Å². The molecule has 0 aromatic rings. The molecule has 118 valence electrons. The van der Waals surface area contributed by atoms with Crippen LogP contribution in [0.3, 0.4) is 0 Å². The summed E-state index contributed by atoms with van der Waals surface area (Å²) in [7, 11) is 0. The molecule has 0 heterocycles. The lowest BCUT2D eigenvalue weighted by atomic mass is 9.48. The van der Waals surface area contributed by atoms with Crippen molar-refractivity contribution in [3.05, 3.63) is 0 Å². The zero-order chi connectivity index (χ0) is 14.7. The summed E-state index contributed by atoms with van der Waals surface area (Å²) in [6.45, 7) is 5.42. The van der Waals surface area contributed by atoms with E-state index in [0.717, 1.165) is 24.2 Å². The summed E-state index contributed by atoms with van der Waals surface area (Å²) in [5, 5.41) is 3.84. The molecule has 1 heteroatoms. The Hall–Kier alpha value is -0.480. The van der Waals surface area contributed by atoms with Crippen molar-refractivity contribution in [2.45, 2.75) is 84.1 Å². The molecule has 0 saturated heterocycles. The number of rotatable bonds is 7. The molecule has 1 unspecified atom stereocenters. The SMILES string of the molecule is CC#CCCC(CC12CC3CC(CC(C3)C1)C2)NCCC. The predicted molar refractivity (Wildman–Crippen MR) is 90.0 cm³/mol. The highest BCUT2D eigenvalue weighted by atomic mass is 14.9. The van der Waals surface area contributed by atoms with Crippen LogP contribution in [0.4, 0.5) is 0 Å². The Morgan fingerprint density at radius 1 is 1.10 bits per heavy atom. The lowest BCUT2D eigenvalue weighted by molar-refractivity contribution is -0.0622. The summed E-state index contributed by atoms with van der Waals surface area (Å²) < 4.78 is 0. The Kier molecular flexibility index (Phi) is 4.95. The summed E-state index contributed by atoms with van der Waals surface area (Å²) in [6.07, 6.45) is 14.3. The van der Waals surface area contributed by atoms with Gasteiger partial charge in [0.1, 0.15) is 0 Å². The molecular weight excluding hydrogens is 254 g/mol. The van der Waals surface area contributed by atoms with Crippen LogP contribution in [0.25, 0.3) is 0 Å². The molecule has 0 spiro atoms. The van der Waals surface area contributed by atoms with Crippen LogP contribution in [0.5, 0.6) is 0 Å². The fourth-order valence-electron chi connectivity index (χ4n) is 6.06. The van der Waals surface area contributed by atoms with E-state index >= 15 is 0 Å². The monoisotopic (exact) mass is 287 g/mol. The van der Waals surface area contributed by atoms with Gasteiger partial charge in [-0.05, 0) is 94.4 Å². The van der Waals surface area contributed by atoms with E-state index in [1.165, 1.54) is 25.8 Å². The molecule has 1 atom stereocenters. The molecule has 4 bridgehead atoms. The highest BCUT2D eigenvalue weighted by Crippen LogP contribution is 2.61. The quantitative estimate of drug-likeness (QED) is 0.665. The zero-order valence-corrected chi connectivity index (χ0v) is 14.1. The van der Waals surface area contributed by atoms with E-state index in [4.69, 9.17) is 0 Å². The molecule has 1 nitrogen and oxygen atoms in total. The largest absolute Gasteiger partial charge is 0.314 e. The smallest absolute Gasteiger partial charge is 0.0103 e. The maximum atomic E-state index is 3.84. The molecule has 0 aromatic carbocycles. The van der Waals surface area contributed by atoms with Gasteiger partial charge in [0.2, 0.25) is 0 Å². The van der Waals surface area contributed by atoms with Crippen molar-refractivity contribution in [3.8, 4) is 11.8 Å². The van der Waals surface area contributed by atoms with Gasteiger partial charge in [-0.15, -0.1) is 11.8 Å². The molecule has 0 radical (unpaired) electrons. The summed E-state index contributed by atoms with van der Waals surface area (Å²) in [5.41, 5.74) is 0.708. The maximum absolute atomic E-state index is 3.84. The molecular formula is C20H33N. The molecule has 0 amide bonds. The third-order valence-corrected chi connectivity index (χ3v) is 6.32. The van der Waals surface area contributed by atoms with Gasteiger partial charge in [0, 0.05) is 12.5 Å². The second-order valence-electron chi connectivity index (χ2n) is 8.24. The first kappa shape index (κ1) is 15.4. The minimum atomic E-state index is 0.708. The summed E-state index contributed by atoms with van der Waals surface area (Å²) >= 11 is 0. The van der Waals surface area contributed by atoms with Crippen LogP contribution >= 0.6 is 0 Å². The second kappa shape index (κ2) is 6.74. The van der Waals surface area contributed by atoms with E-state index in [9.17, 15) is 0 Å². The van der Waals surface area contributed by atoms with Crippen molar-refractivity contribution < 1.29 is 0 Å². The van der Waals surface area contributed by atoms with Crippen LogP contribution in [0.1, 0.15) is 78.1 Å². The van der Waals surface area contributed by atoms with Crippen molar-refractivity contribution in [2.24, 2.45) is 23.2 Å².